The molecule has 0 saturated carbocycles. The minimum Gasteiger partial charge on any atom is -0.492 e. The summed E-state index contributed by atoms with van der Waals surface area (Å²) in [4.78, 5) is 9.68. The summed E-state index contributed by atoms with van der Waals surface area (Å²) in [6.45, 7) is 6.33. The fourth-order valence-corrected chi connectivity index (χ4v) is 4.39. The minimum absolute atomic E-state index is 0.424. The molecule has 2 aliphatic heterocycles. The molecule has 2 saturated heterocycles. The van der Waals surface area contributed by atoms with Crippen molar-refractivity contribution in [1.82, 2.24) is 14.8 Å². The van der Waals surface area contributed by atoms with Crippen LogP contribution in [0.1, 0.15) is 49.4 Å². The molecule has 2 aromatic rings. The number of hydrogen-bond donors (Lipinski definition) is 0. The first kappa shape index (κ1) is 18.5. The smallest absolute Gasteiger partial charge is 0.123 e. The quantitative estimate of drug-likeness (QED) is 0.732. The highest BCUT2D eigenvalue weighted by atomic mass is 16.5. The first-order valence-electron chi connectivity index (χ1n) is 10.5. The van der Waals surface area contributed by atoms with Crippen LogP contribution in [0.25, 0.3) is 0 Å². The molecule has 0 N–H and O–H groups in total. The second-order valence-electron chi connectivity index (χ2n) is 7.74. The van der Waals surface area contributed by atoms with Gasteiger partial charge in [-0.3, -0.25) is 14.8 Å². The molecule has 0 radical (unpaired) electrons. The molecule has 0 amide bonds. The lowest BCUT2D eigenvalue weighted by Crippen LogP contribution is -2.33. The summed E-state index contributed by atoms with van der Waals surface area (Å²) in [6, 6.07) is 15.2. The number of piperidine rings is 1. The maximum atomic E-state index is 6.21. The van der Waals surface area contributed by atoms with Gasteiger partial charge >= 0.3 is 0 Å². The number of nitrogens with zero attached hydrogens (tertiary/aromatic N) is 3. The average Bonchev–Trinajstić information content (AvgIpc) is 3.19. The Labute approximate surface area is 163 Å². The van der Waals surface area contributed by atoms with E-state index in [0.717, 1.165) is 32.0 Å². The van der Waals surface area contributed by atoms with Gasteiger partial charge in [0.05, 0.1) is 11.7 Å². The highest BCUT2D eigenvalue weighted by molar-refractivity contribution is 5.33. The monoisotopic (exact) mass is 365 g/mol. The third kappa shape index (κ3) is 4.88. The van der Waals surface area contributed by atoms with E-state index in [1.54, 1.807) is 0 Å². The van der Waals surface area contributed by atoms with Crippen molar-refractivity contribution in [3.63, 3.8) is 0 Å². The van der Waals surface area contributed by atoms with E-state index in [9.17, 15) is 0 Å². The van der Waals surface area contributed by atoms with Gasteiger partial charge in [0.1, 0.15) is 12.4 Å². The number of pyridine rings is 1. The summed E-state index contributed by atoms with van der Waals surface area (Å²) in [7, 11) is 0. The predicted molar refractivity (Wildman–Crippen MR) is 109 cm³/mol. The van der Waals surface area contributed by atoms with Crippen LogP contribution in [0, 0.1) is 0 Å². The lowest BCUT2D eigenvalue weighted by atomic mass is 10.1. The summed E-state index contributed by atoms with van der Waals surface area (Å²) in [5, 5.41) is 0. The molecule has 2 aliphatic rings. The van der Waals surface area contributed by atoms with Crippen molar-refractivity contribution in [1.29, 1.82) is 0 Å². The van der Waals surface area contributed by atoms with Gasteiger partial charge in [0, 0.05) is 24.8 Å². The van der Waals surface area contributed by atoms with Crippen LogP contribution in [0.4, 0.5) is 0 Å². The minimum atomic E-state index is 0.424. The van der Waals surface area contributed by atoms with Crippen LogP contribution in [0.2, 0.25) is 0 Å². The Morgan fingerprint density at radius 2 is 1.78 bits per heavy atom. The van der Waals surface area contributed by atoms with Crippen molar-refractivity contribution in [2.24, 2.45) is 0 Å². The molecular formula is C23H31N3O. The van der Waals surface area contributed by atoms with Crippen molar-refractivity contribution < 1.29 is 4.74 Å². The highest BCUT2D eigenvalue weighted by Crippen LogP contribution is 2.33. The zero-order valence-corrected chi connectivity index (χ0v) is 16.2. The second kappa shape index (κ2) is 9.34. The molecule has 4 heteroatoms. The second-order valence-corrected chi connectivity index (χ2v) is 7.74. The summed E-state index contributed by atoms with van der Waals surface area (Å²) in [6.07, 6.45) is 8.38. The van der Waals surface area contributed by atoms with Gasteiger partial charge in [-0.2, -0.15) is 0 Å². The summed E-state index contributed by atoms with van der Waals surface area (Å²) in [5.74, 6) is 1.04. The van der Waals surface area contributed by atoms with Gasteiger partial charge in [-0.1, -0.05) is 30.7 Å². The largest absolute Gasteiger partial charge is 0.492 e. The third-order valence-electron chi connectivity index (χ3n) is 5.85. The normalized spacial score (nSPS) is 21.4. The number of likely N-dealkylation sites (tertiary alicyclic amines) is 2. The molecule has 2 fully saturated rings. The van der Waals surface area contributed by atoms with Gasteiger partial charge in [-0.05, 0) is 63.5 Å². The van der Waals surface area contributed by atoms with E-state index in [0.29, 0.717) is 6.04 Å². The molecule has 1 atom stereocenters. The van der Waals surface area contributed by atoms with Crippen molar-refractivity contribution >= 4 is 0 Å². The van der Waals surface area contributed by atoms with Gasteiger partial charge in [0.15, 0.2) is 0 Å². The van der Waals surface area contributed by atoms with Gasteiger partial charge in [0.2, 0.25) is 0 Å². The number of hydrogen-bond acceptors (Lipinski definition) is 4. The summed E-state index contributed by atoms with van der Waals surface area (Å²) >= 11 is 0. The van der Waals surface area contributed by atoms with Crippen LogP contribution in [0.3, 0.4) is 0 Å². The zero-order chi connectivity index (χ0) is 18.3. The summed E-state index contributed by atoms with van der Waals surface area (Å²) in [5.41, 5.74) is 2.48. The molecule has 4 rings (SSSR count). The molecule has 3 heterocycles. The third-order valence-corrected chi connectivity index (χ3v) is 5.85. The van der Waals surface area contributed by atoms with Crippen LogP contribution in [-0.2, 0) is 6.54 Å². The van der Waals surface area contributed by atoms with E-state index in [4.69, 9.17) is 4.74 Å². The number of para-hydroxylation sites is 1. The maximum absolute atomic E-state index is 6.21. The molecule has 144 valence electrons. The Kier molecular flexibility index (Phi) is 6.38. The van der Waals surface area contributed by atoms with E-state index in [1.807, 2.05) is 12.3 Å². The number of rotatable bonds is 7. The molecule has 1 aromatic heterocycles. The maximum Gasteiger partial charge on any atom is 0.123 e. The predicted octanol–water partition coefficient (Wildman–Crippen LogP) is 4.28. The molecule has 0 aliphatic carbocycles. The lowest BCUT2D eigenvalue weighted by molar-refractivity contribution is 0.180. The van der Waals surface area contributed by atoms with Crippen LogP contribution in [0.15, 0.2) is 48.7 Å². The SMILES string of the molecule is c1ccc([C@@H]2CCCN2Cc2ccccc2OCCN2CCCCC2)nc1. The van der Waals surface area contributed by atoms with Crippen molar-refractivity contribution in [2.45, 2.75) is 44.7 Å². The highest BCUT2D eigenvalue weighted by Gasteiger charge is 2.27. The first-order chi connectivity index (χ1) is 13.4. The van der Waals surface area contributed by atoms with Gasteiger partial charge in [0.25, 0.3) is 0 Å². The molecule has 0 unspecified atom stereocenters. The van der Waals surface area contributed by atoms with Crippen LogP contribution in [0.5, 0.6) is 5.75 Å². The van der Waals surface area contributed by atoms with E-state index in [2.05, 4.69) is 51.2 Å². The van der Waals surface area contributed by atoms with Crippen molar-refractivity contribution in [2.75, 3.05) is 32.8 Å². The Bertz CT molecular complexity index is 700. The van der Waals surface area contributed by atoms with Crippen LogP contribution >= 0.6 is 0 Å². The zero-order valence-electron chi connectivity index (χ0n) is 16.2. The lowest BCUT2D eigenvalue weighted by Gasteiger charge is -2.27. The number of aromatic nitrogens is 1. The standard InChI is InChI=1S/C23H31N3O/c1-6-14-25(15-7-1)17-18-27-23-12-3-2-9-20(23)19-26-16-8-11-22(26)21-10-4-5-13-24-21/h2-5,9-10,12-13,22H,1,6-8,11,14-19H2/t22-/m0/s1. The molecule has 4 nitrogen and oxygen atoms in total. The molecular weight excluding hydrogens is 334 g/mol. The van der Waals surface area contributed by atoms with E-state index in [1.165, 1.54) is 56.5 Å². The van der Waals surface area contributed by atoms with Crippen LogP contribution < -0.4 is 4.74 Å². The Morgan fingerprint density at radius 1 is 0.926 bits per heavy atom. The fourth-order valence-electron chi connectivity index (χ4n) is 4.39. The van der Waals surface area contributed by atoms with E-state index < -0.39 is 0 Å². The Balaban J connectivity index is 1.37. The van der Waals surface area contributed by atoms with Crippen LogP contribution in [-0.4, -0.2) is 47.6 Å². The summed E-state index contributed by atoms with van der Waals surface area (Å²) < 4.78 is 6.21. The number of benzene rings is 1. The molecule has 0 spiro atoms. The average molecular weight is 366 g/mol. The Morgan fingerprint density at radius 3 is 2.63 bits per heavy atom. The van der Waals surface area contributed by atoms with E-state index >= 15 is 0 Å². The Hall–Kier alpha value is -1.91. The molecule has 1 aromatic carbocycles. The van der Waals surface area contributed by atoms with Gasteiger partial charge in [-0.25, -0.2) is 0 Å². The van der Waals surface area contributed by atoms with E-state index in [-0.39, 0.29) is 0 Å². The topological polar surface area (TPSA) is 28.6 Å². The van der Waals surface area contributed by atoms with Gasteiger partial charge < -0.3 is 4.74 Å². The molecule has 27 heavy (non-hydrogen) atoms. The van der Waals surface area contributed by atoms with Crippen molar-refractivity contribution in [3.8, 4) is 5.75 Å². The first-order valence-corrected chi connectivity index (χ1v) is 10.5. The van der Waals surface area contributed by atoms with Gasteiger partial charge in [-0.15, -0.1) is 0 Å². The fraction of sp³-hybridized carbons (Fsp3) is 0.522. The molecule has 0 bridgehead atoms. The number of ether oxygens (including phenoxy) is 1. The van der Waals surface area contributed by atoms with Crippen molar-refractivity contribution in [3.05, 3.63) is 59.9 Å².